The standard InChI is InChI=1S/C48H87N3O2/c1-7-9-11-13-15-17-19-21-23-25-27-29-31-33-35-37-41-48(40-36-34-32-30-28-26-24-22-20-18-16-14-12-10-8-2)52-45-47(53-48)39-38-46(3)44-51(49-4)43-42-50(5)6/h15-18,21-24,44,47H,4,7-14,19-20,25-43,45H2,1-3,5-6H3/b17-15-,18-16-,23-21-,24-22+,46-44+. The summed E-state index contributed by atoms with van der Waals surface area (Å²) in [4.78, 5) is 2.17. The van der Waals surface area contributed by atoms with E-state index in [2.05, 4.69) is 106 Å². The molecule has 0 spiro atoms. The third-order valence-electron chi connectivity index (χ3n) is 10.4. The molecule has 1 heterocycles. The lowest BCUT2D eigenvalue weighted by molar-refractivity contribution is -0.179. The molecule has 0 aromatic carbocycles. The molecule has 5 heteroatoms. The second-order valence-corrected chi connectivity index (χ2v) is 15.9. The van der Waals surface area contributed by atoms with Gasteiger partial charge in [-0.1, -0.05) is 139 Å². The van der Waals surface area contributed by atoms with Gasteiger partial charge in [-0.25, -0.2) is 0 Å². The highest BCUT2D eigenvalue weighted by Gasteiger charge is 2.40. The summed E-state index contributed by atoms with van der Waals surface area (Å²) < 4.78 is 13.4. The molecule has 1 fully saturated rings. The van der Waals surface area contributed by atoms with Crippen molar-refractivity contribution in [2.75, 3.05) is 33.8 Å². The zero-order valence-electron chi connectivity index (χ0n) is 35.9. The van der Waals surface area contributed by atoms with E-state index in [4.69, 9.17) is 9.47 Å². The van der Waals surface area contributed by atoms with Gasteiger partial charge in [0.15, 0.2) is 5.79 Å². The highest BCUT2D eigenvalue weighted by Crippen LogP contribution is 2.36. The molecule has 0 radical (unpaired) electrons. The molecule has 1 aliphatic rings. The Morgan fingerprint density at radius 2 is 1.09 bits per heavy atom. The van der Waals surface area contributed by atoms with Gasteiger partial charge in [-0.3, -0.25) is 5.01 Å². The van der Waals surface area contributed by atoms with E-state index in [0.717, 1.165) is 58.2 Å². The summed E-state index contributed by atoms with van der Waals surface area (Å²) in [6.45, 7) is 13.0. The lowest BCUT2D eigenvalue weighted by atomic mass is 9.98. The first-order valence-electron chi connectivity index (χ1n) is 22.4. The van der Waals surface area contributed by atoms with Crippen LogP contribution < -0.4 is 0 Å². The third kappa shape index (κ3) is 30.0. The highest BCUT2D eigenvalue weighted by atomic mass is 16.7. The maximum atomic E-state index is 6.82. The molecule has 1 rings (SSSR count). The Labute approximate surface area is 330 Å². The Balaban J connectivity index is 2.42. The maximum absolute atomic E-state index is 6.82. The van der Waals surface area contributed by atoms with E-state index in [1.54, 1.807) is 0 Å². The molecule has 0 aromatic rings. The van der Waals surface area contributed by atoms with Gasteiger partial charge in [-0.15, -0.1) is 0 Å². The van der Waals surface area contributed by atoms with E-state index in [1.807, 2.05) is 5.01 Å². The van der Waals surface area contributed by atoms with Crippen LogP contribution in [0, 0.1) is 0 Å². The van der Waals surface area contributed by atoms with Crippen LogP contribution in [-0.2, 0) is 9.47 Å². The van der Waals surface area contributed by atoms with Crippen molar-refractivity contribution in [3.63, 3.8) is 0 Å². The molecular weight excluding hydrogens is 651 g/mol. The third-order valence-corrected chi connectivity index (χ3v) is 10.4. The number of hydrogen-bond acceptors (Lipinski definition) is 5. The minimum Gasteiger partial charge on any atom is -0.347 e. The van der Waals surface area contributed by atoms with Gasteiger partial charge in [-0.05, 0) is 111 Å². The molecule has 5 nitrogen and oxygen atoms in total. The Morgan fingerprint density at radius 1 is 0.642 bits per heavy atom. The second-order valence-electron chi connectivity index (χ2n) is 15.9. The normalized spacial score (nSPS) is 18.3. The lowest BCUT2D eigenvalue weighted by Gasteiger charge is -2.28. The molecule has 0 aromatic heterocycles. The van der Waals surface area contributed by atoms with Crippen LogP contribution in [0.2, 0.25) is 0 Å². The van der Waals surface area contributed by atoms with Crippen LogP contribution in [0.5, 0.6) is 0 Å². The van der Waals surface area contributed by atoms with Gasteiger partial charge >= 0.3 is 0 Å². The minimum atomic E-state index is -0.384. The van der Waals surface area contributed by atoms with Crippen LogP contribution in [0.15, 0.2) is 65.5 Å². The zero-order valence-corrected chi connectivity index (χ0v) is 35.9. The van der Waals surface area contributed by atoms with Gasteiger partial charge in [-0.2, -0.15) is 5.10 Å². The molecule has 1 aliphatic heterocycles. The monoisotopic (exact) mass is 738 g/mol. The van der Waals surface area contributed by atoms with Gasteiger partial charge < -0.3 is 14.4 Å². The van der Waals surface area contributed by atoms with E-state index < -0.39 is 0 Å². The average molecular weight is 738 g/mol. The topological polar surface area (TPSA) is 37.3 Å². The number of likely N-dealkylation sites (N-methyl/N-ethyl adjacent to an activating group) is 1. The second kappa shape index (κ2) is 35.7. The van der Waals surface area contributed by atoms with E-state index in [-0.39, 0.29) is 11.9 Å². The first-order valence-corrected chi connectivity index (χ1v) is 22.4. The number of unbranched alkanes of at least 4 members (excludes halogenated alkanes) is 17. The highest BCUT2D eigenvalue weighted by molar-refractivity contribution is 5.23. The van der Waals surface area contributed by atoms with Crippen molar-refractivity contribution >= 4 is 6.72 Å². The summed E-state index contributed by atoms with van der Waals surface area (Å²) >= 11 is 0. The summed E-state index contributed by atoms with van der Waals surface area (Å²) in [7, 11) is 4.18. The van der Waals surface area contributed by atoms with E-state index in [0.29, 0.717) is 0 Å². The Hall–Kier alpha value is -1.95. The quantitative estimate of drug-likeness (QED) is 0.0275. The zero-order chi connectivity index (χ0) is 38.5. The largest absolute Gasteiger partial charge is 0.347 e. The Bertz CT molecular complexity index is 983. The summed E-state index contributed by atoms with van der Waals surface area (Å²) in [5.41, 5.74) is 1.32. The molecule has 1 saturated heterocycles. The molecular formula is C48H87N3O2. The van der Waals surface area contributed by atoms with E-state index in [1.165, 1.54) is 140 Å². The number of nitrogens with zero attached hydrogens (tertiary/aromatic N) is 3. The van der Waals surface area contributed by atoms with Crippen LogP contribution in [-0.4, -0.2) is 62.3 Å². The Morgan fingerprint density at radius 3 is 1.55 bits per heavy atom. The molecule has 0 saturated carbocycles. The van der Waals surface area contributed by atoms with Gasteiger partial charge in [0, 0.05) is 32.3 Å². The predicted molar refractivity (Wildman–Crippen MR) is 235 cm³/mol. The fraction of sp³-hybridized carbons (Fsp3) is 0.771. The van der Waals surface area contributed by atoms with Crippen LogP contribution in [0.25, 0.3) is 0 Å². The number of rotatable bonds is 37. The smallest absolute Gasteiger partial charge is 0.168 e. The molecule has 0 bridgehead atoms. The van der Waals surface area contributed by atoms with Gasteiger partial charge in [0.1, 0.15) is 0 Å². The van der Waals surface area contributed by atoms with Crippen molar-refractivity contribution in [3.8, 4) is 0 Å². The number of allylic oxidation sites excluding steroid dienone is 9. The molecule has 53 heavy (non-hydrogen) atoms. The number of hydrazone groups is 1. The number of hydrogen-bond donors (Lipinski definition) is 0. The molecule has 306 valence electrons. The molecule has 2 unspecified atom stereocenters. The van der Waals surface area contributed by atoms with Crippen LogP contribution in [0.4, 0.5) is 0 Å². The van der Waals surface area contributed by atoms with Gasteiger partial charge in [0.05, 0.1) is 19.3 Å². The first kappa shape index (κ1) is 49.1. The summed E-state index contributed by atoms with van der Waals surface area (Å²) in [6.07, 6.45) is 54.4. The van der Waals surface area contributed by atoms with Crippen molar-refractivity contribution in [1.82, 2.24) is 9.91 Å². The maximum Gasteiger partial charge on any atom is 0.168 e. The molecule has 0 amide bonds. The van der Waals surface area contributed by atoms with E-state index >= 15 is 0 Å². The minimum absolute atomic E-state index is 0.174. The number of ether oxygens (including phenoxy) is 2. The van der Waals surface area contributed by atoms with Crippen molar-refractivity contribution in [3.05, 3.63) is 60.4 Å². The summed E-state index contributed by atoms with van der Waals surface area (Å²) in [5.74, 6) is -0.384. The van der Waals surface area contributed by atoms with Crippen molar-refractivity contribution in [2.45, 2.75) is 206 Å². The fourth-order valence-corrected chi connectivity index (χ4v) is 6.92. The summed E-state index contributed by atoms with van der Waals surface area (Å²) in [5, 5.41) is 6.16. The van der Waals surface area contributed by atoms with Crippen LogP contribution in [0.1, 0.15) is 194 Å². The lowest BCUT2D eigenvalue weighted by Crippen LogP contribution is -2.31. The van der Waals surface area contributed by atoms with Crippen molar-refractivity contribution in [1.29, 1.82) is 0 Å². The Kier molecular flexibility index (Phi) is 33.1. The first-order chi connectivity index (χ1) is 25.9. The van der Waals surface area contributed by atoms with Crippen molar-refractivity contribution < 1.29 is 9.47 Å². The van der Waals surface area contributed by atoms with Crippen LogP contribution >= 0.6 is 0 Å². The van der Waals surface area contributed by atoms with Crippen molar-refractivity contribution in [2.24, 2.45) is 5.10 Å². The molecule has 0 N–H and O–H groups in total. The fourth-order valence-electron chi connectivity index (χ4n) is 6.92. The van der Waals surface area contributed by atoms with Crippen LogP contribution in [0.3, 0.4) is 0 Å². The van der Waals surface area contributed by atoms with Gasteiger partial charge in [0.2, 0.25) is 0 Å². The molecule has 2 atom stereocenters. The van der Waals surface area contributed by atoms with Gasteiger partial charge in [0.25, 0.3) is 0 Å². The SMILES string of the molecule is C=NN(/C=C(\C)CCC1COC(CCCCCCC/C=C/C/C=C\CCCCC)(CCCCCCCC/C=C\C/C=C\CCCCC)O1)CCN(C)C. The average Bonchev–Trinajstić information content (AvgIpc) is 3.56. The predicted octanol–water partition coefficient (Wildman–Crippen LogP) is 14.3. The summed E-state index contributed by atoms with van der Waals surface area (Å²) in [6, 6.07) is 0. The molecule has 0 aliphatic carbocycles. The van der Waals surface area contributed by atoms with E-state index in [9.17, 15) is 0 Å².